The molecule has 0 N–H and O–H groups in total. The van der Waals surface area contributed by atoms with Crippen LogP contribution in [0.4, 0.5) is 0 Å². The predicted octanol–water partition coefficient (Wildman–Crippen LogP) is 4.91. The van der Waals surface area contributed by atoms with Gasteiger partial charge in [0.05, 0.1) is 13.2 Å². The lowest BCUT2D eigenvalue weighted by Crippen LogP contribution is -2.31. The van der Waals surface area contributed by atoms with Crippen LogP contribution in [0.15, 0.2) is 30.3 Å². The average molecular weight is 248 g/mol. The van der Waals surface area contributed by atoms with E-state index in [0.29, 0.717) is 5.92 Å². The molecule has 0 saturated carbocycles. The van der Waals surface area contributed by atoms with Crippen LogP contribution >= 0.6 is 0 Å². The van der Waals surface area contributed by atoms with Crippen LogP contribution in [0.3, 0.4) is 0 Å². The van der Waals surface area contributed by atoms with Crippen LogP contribution in [0.25, 0.3) is 0 Å². The molecule has 0 aliphatic rings. The summed E-state index contributed by atoms with van der Waals surface area (Å²) < 4.78 is 5.95. The Balaban J connectivity index is 2.48. The van der Waals surface area contributed by atoms with E-state index in [2.05, 4.69) is 58.9 Å². The normalized spacial score (nSPS) is 15.1. The predicted molar refractivity (Wildman–Crippen MR) is 78.5 cm³/mol. The summed E-state index contributed by atoms with van der Waals surface area (Å²) in [6.07, 6.45) is 1.22. The molecule has 0 aromatic heterocycles. The van der Waals surface area contributed by atoms with Crippen LogP contribution in [0.1, 0.15) is 46.6 Å². The lowest BCUT2D eigenvalue weighted by Gasteiger charge is -2.35. The van der Waals surface area contributed by atoms with Crippen LogP contribution in [0.5, 0.6) is 0 Å². The van der Waals surface area contributed by atoms with Crippen molar-refractivity contribution in [3.05, 3.63) is 35.9 Å². The Kier molecular flexibility index (Phi) is 5.87. The molecule has 0 fully saturated rings. The average Bonchev–Trinajstić information content (AvgIpc) is 2.29. The molecule has 0 radical (unpaired) electrons. The summed E-state index contributed by atoms with van der Waals surface area (Å²) in [4.78, 5) is 0. The van der Waals surface area contributed by atoms with E-state index in [1.165, 1.54) is 12.0 Å². The van der Waals surface area contributed by atoms with Gasteiger partial charge in [0.25, 0.3) is 0 Å². The zero-order chi connectivity index (χ0) is 13.6. The maximum atomic E-state index is 5.95. The minimum atomic E-state index is 0.281. The molecule has 0 aliphatic carbocycles. The first kappa shape index (κ1) is 15.2. The highest BCUT2D eigenvalue weighted by Gasteiger charge is 2.29. The molecule has 18 heavy (non-hydrogen) atoms. The number of rotatable bonds is 7. The largest absolute Gasteiger partial charge is 0.376 e. The second-order valence-corrected chi connectivity index (χ2v) is 6.39. The van der Waals surface area contributed by atoms with Gasteiger partial charge in [-0.1, -0.05) is 65.0 Å². The minimum absolute atomic E-state index is 0.281. The molecule has 1 nitrogen and oxygen atoms in total. The highest BCUT2D eigenvalue weighted by molar-refractivity contribution is 5.13. The third kappa shape index (κ3) is 4.81. The van der Waals surface area contributed by atoms with Crippen molar-refractivity contribution in [1.82, 2.24) is 0 Å². The topological polar surface area (TPSA) is 9.23 Å². The molecule has 1 heteroatoms. The van der Waals surface area contributed by atoms with E-state index in [4.69, 9.17) is 4.74 Å². The van der Waals surface area contributed by atoms with Crippen LogP contribution in [0, 0.1) is 17.3 Å². The monoisotopic (exact) mass is 248 g/mol. The zero-order valence-electron chi connectivity index (χ0n) is 12.6. The number of ether oxygens (including phenoxy) is 1. The Bertz CT molecular complexity index is 329. The molecule has 0 aliphatic heterocycles. The molecule has 1 rings (SSSR count). The van der Waals surface area contributed by atoms with Gasteiger partial charge < -0.3 is 4.74 Å². The van der Waals surface area contributed by atoms with Crippen molar-refractivity contribution in [2.75, 3.05) is 6.61 Å². The summed E-state index contributed by atoms with van der Waals surface area (Å²) in [5.74, 6) is 1.37. The Labute approximate surface area is 113 Å². The molecule has 1 atom stereocenters. The van der Waals surface area contributed by atoms with Gasteiger partial charge in [-0.25, -0.2) is 0 Å². The van der Waals surface area contributed by atoms with E-state index in [-0.39, 0.29) is 5.41 Å². The molecule has 0 heterocycles. The van der Waals surface area contributed by atoms with Crippen molar-refractivity contribution in [2.45, 2.75) is 47.6 Å². The van der Waals surface area contributed by atoms with Crippen molar-refractivity contribution < 1.29 is 4.74 Å². The van der Waals surface area contributed by atoms with Crippen molar-refractivity contribution in [3.8, 4) is 0 Å². The number of hydrogen-bond donors (Lipinski definition) is 0. The Morgan fingerprint density at radius 1 is 1.06 bits per heavy atom. The molecule has 0 saturated heterocycles. The summed E-state index contributed by atoms with van der Waals surface area (Å²) in [5.41, 5.74) is 1.54. The van der Waals surface area contributed by atoms with E-state index in [0.717, 1.165) is 19.1 Å². The Morgan fingerprint density at radius 3 is 2.17 bits per heavy atom. The van der Waals surface area contributed by atoms with Crippen LogP contribution < -0.4 is 0 Å². The summed E-state index contributed by atoms with van der Waals surface area (Å²) in [5, 5.41) is 0. The van der Waals surface area contributed by atoms with Gasteiger partial charge in [0.2, 0.25) is 0 Å². The van der Waals surface area contributed by atoms with Gasteiger partial charge in [0, 0.05) is 0 Å². The van der Waals surface area contributed by atoms with Crippen LogP contribution in [0.2, 0.25) is 0 Å². The van der Waals surface area contributed by atoms with Crippen molar-refractivity contribution in [3.63, 3.8) is 0 Å². The third-order valence-electron chi connectivity index (χ3n) is 3.81. The quantitative estimate of drug-likeness (QED) is 0.666. The fraction of sp³-hybridized carbons (Fsp3) is 0.647. The van der Waals surface area contributed by atoms with Gasteiger partial charge in [0.15, 0.2) is 0 Å². The molecule has 1 aromatic carbocycles. The standard InChI is InChI=1S/C17H28O/c1-14(2)11-17(5,15(3)4)13-18-12-16-9-7-6-8-10-16/h6-10,14-15H,11-13H2,1-5H3. The Morgan fingerprint density at radius 2 is 1.67 bits per heavy atom. The first-order valence-electron chi connectivity index (χ1n) is 7.06. The summed E-state index contributed by atoms with van der Waals surface area (Å²) in [7, 11) is 0. The van der Waals surface area contributed by atoms with E-state index >= 15 is 0 Å². The second kappa shape index (κ2) is 6.94. The maximum absolute atomic E-state index is 5.95. The summed E-state index contributed by atoms with van der Waals surface area (Å²) >= 11 is 0. The lowest BCUT2D eigenvalue weighted by atomic mass is 9.74. The Hall–Kier alpha value is -0.820. The van der Waals surface area contributed by atoms with Crippen LogP contribution in [-0.4, -0.2) is 6.61 Å². The van der Waals surface area contributed by atoms with E-state index in [9.17, 15) is 0 Å². The molecule has 1 aromatic rings. The number of hydrogen-bond acceptors (Lipinski definition) is 1. The SMILES string of the molecule is CC(C)CC(C)(COCc1ccccc1)C(C)C. The lowest BCUT2D eigenvalue weighted by molar-refractivity contribution is 0.00494. The van der Waals surface area contributed by atoms with E-state index in [1.807, 2.05) is 6.07 Å². The second-order valence-electron chi connectivity index (χ2n) is 6.39. The molecule has 0 bridgehead atoms. The van der Waals surface area contributed by atoms with Gasteiger partial charge >= 0.3 is 0 Å². The maximum Gasteiger partial charge on any atom is 0.0717 e. The third-order valence-corrected chi connectivity index (χ3v) is 3.81. The smallest absolute Gasteiger partial charge is 0.0717 e. The van der Waals surface area contributed by atoms with E-state index < -0.39 is 0 Å². The highest BCUT2D eigenvalue weighted by atomic mass is 16.5. The van der Waals surface area contributed by atoms with E-state index in [1.54, 1.807) is 0 Å². The molecular formula is C17H28O. The van der Waals surface area contributed by atoms with Gasteiger partial charge in [-0.05, 0) is 29.2 Å². The fourth-order valence-electron chi connectivity index (χ4n) is 2.37. The summed E-state index contributed by atoms with van der Waals surface area (Å²) in [6.45, 7) is 13.1. The minimum Gasteiger partial charge on any atom is -0.376 e. The zero-order valence-corrected chi connectivity index (χ0v) is 12.6. The first-order chi connectivity index (χ1) is 8.44. The van der Waals surface area contributed by atoms with Crippen molar-refractivity contribution in [1.29, 1.82) is 0 Å². The molecular weight excluding hydrogens is 220 g/mol. The van der Waals surface area contributed by atoms with Crippen molar-refractivity contribution >= 4 is 0 Å². The van der Waals surface area contributed by atoms with Crippen molar-refractivity contribution in [2.24, 2.45) is 17.3 Å². The summed E-state index contributed by atoms with van der Waals surface area (Å²) in [6, 6.07) is 10.4. The highest BCUT2D eigenvalue weighted by Crippen LogP contribution is 2.34. The molecule has 102 valence electrons. The van der Waals surface area contributed by atoms with Crippen LogP contribution in [-0.2, 0) is 11.3 Å². The molecule has 1 unspecified atom stereocenters. The van der Waals surface area contributed by atoms with Gasteiger partial charge in [0.1, 0.15) is 0 Å². The molecule has 0 spiro atoms. The molecule has 0 amide bonds. The number of benzene rings is 1. The van der Waals surface area contributed by atoms with Gasteiger partial charge in [-0.3, -0.25) is 0 Å². The first-order valence-corrected chi connectivity index (χ1v) is 7.06. The van der Waals surface area contributed by atoms with Gasteiger partial charge in [-0.15, -0.1) is 0 Å². The fourth-order valence-corrected chi connectivity index (χ4v) is 2.37. The van der Waals surface area contributed by atoms with Gasteiger partial charge in [-0.2, -0.15) is 0 Å².